The van der Waals surface area contributed by atoms with Gasteiger partial charge in [0.2, 0.25) is 0 Å². The average Bonchev–Trinajstić information content (AvgIpc) is 2.42. The Balaban J connectivity index is 2.12. The molecule has 0 spiro atoms. The van der Waals surface area contributed by atoms with Crippen LogP contribution in [0.1, 0.15) is 21.5 Å². The molecular formula is C15H12F3NO. The summed E-state index contributed by atoms with van der Waals surface area (Å²) >= 11 is 0. The van der Waals surface area contributed by atoms with Gasteiger partial charge in [-0.15, -0.1) is 0 Å². The Hall–Kier alpha value is -2.30. The molecule has 20 heavy (non-hydrogen) atoms. The van der Waals surface area contributed by atoms with Crippen molar-refractivity contribution in [3.8, 4) is 0 Å². The second kappa shape index (κ2) is 5.77. The molecule has 104 valence electrons. The summed E-state index contributed by atoms with van der Waals surface area (Å²) in [5.41, 5.74) is 0.613. The first-order valence-corrected chi connectivity index (χ1v) is 5.95. The van der Waals surface area contributed by atoms with Crippen molar-refractivity contribution < 1.29 is 18.0 Å². The van der Waals surface area contributed by atoms with Crippen LogP contribution in [0.4, 0.5) is 13.2 Å². The van der Waals surface area contributed by atoms with Crippen LogP contribution in [0.15, 0.2) is 36.4 Å². The van der Waals surface area contributed by atoms with E-state index in [1.165, 1.54) is 12.1 Å². The van der Waals surface area contributed by atoms with Gasteiger partial charge in [-0.05, 0) is 37.3 Å². The van der Waals surface area contributed by atoms with E-state index in [9.17, 15) is 18.0 Å². The minimum absolute atomic E-state index is 0.00594. The molecule has 0 aliphatic carbocycles. The summed E-state index contributed by atoms with van der Waals surface area (Å²) in [6, 6.07) is 7.07. The molecule has 1 N–H and O–H groups in total. The highest BCUT2D eigenvalue weighted by atomic mass is 19.1. The molecule has 0 saturated heterocycles. The van der Waals surface area contributed by atoms with E-state index >= 15 is 0 Å². The molecule has 0 bridgehead atoms. The zero-order valence-corrected chi connectivity index (χ0v) is 10.7. The molecule has 2 rings (SSSR count). The first-order valence-electron chi connectivity index (χ1n) is 5.95. The second-order valence-electron chi connectivity index (χ2n) is 4.40. The molecule has 0 atom stereocenters. The molecule has 2 nitrogen and oxygen atoms in total. The van der Waals surface area contributed by atoms with Crippen LogP contribution >= 0.6 is 0 Å². The number of halogens is 3. The highest BCUT2D eigenvalue weighted by Gasteiger charge is 2.12. The molecule has 0 aromatic heterocycles. The van der Waals surface area contributed by atoms with Gasteiger partial charge < -0.3 is 5.32 Å². The summed E-state index contributed by atoms with van der Waals surface area (Å²) in [5.74, 6) is -2.56. The molecule has 0 saturated carbocycles. The average molecular weight is 279 g/mol. The van der Waals surface area contributed by atoms with Gasteiger partial charge in [0.15, 0.2) is 0 Å². The van der Waals surface area contributed by atoms with Crippen molar-refractivity contribution in [2.45, 2.75) is 13.5 Å². The Morgan fingerprint density at radius 2 is 1.75 bits per heavy atom. The lowest BCUT2D eigenvalue weighted by atomic mass is 10.1. The lowest BCUT2D eigenvalue weighted by molar-refractivity contribution is 0.0946. The largest absolute Gasteiger partial charge is 0.348 e. The number of carbonyl (C=O) groups is 1. The van der Waals surface area contributed by atoms with Crippen LogP contribution in [0.2, 0.25) is 0 Å². The van der Waals surface area contributed by atoms with Gasteiger partial charge in [-0.1, -0.05) is 11.6 Å². The summed E-state index contributed by atoms with van der Waals surface area (Å²) in [7, 11) is 0. The van der Waals surface area contributed by atoms with Crippen LogP contribution in [0.25, 0.3) is 0 Å². The van der Waals surface area contributed by atoms with Crippen LogP contribution < -0.4 is 5.32 Å². The third-order valence-electron chi connectivity index (χ3n) is 2.81. The van der Waals surface area contributed by atoms with E-state index in [0.29, 0.717) is 0 Å². The van der Waals surface area contributed by atoms with E-state index in [0.717, 1.165) is 23.8 Å². The highest BCUT2D eigenvalue weighted by molar-refractivity contribution is 5.94. The number of rotatable bonds is 3. The van der Waals surface area contributed by atoms with Gasteiger partial charge in [-0.25, -0.2) is 13.2 Å². The zero-order chi connectivity index (χ0) is 14.7. The summed E-state index contributed by atoms with van der Waals surface area (Å²) in [6.45, 7) is 1.51. The number of hydrogen-bond acceptors (Lipinski definition) is 1. The van der Waals surface area contributed by atoms with Crippen LogP contribution in [0.3, 0.4) is 0 Å². The molecule has 0 radical (unpaired) electrons. The molecular weight excluding hydrogens is 267 g/mol. The lowest BCUT2D eigenvalue weighted by Gasteiger charge is -2.08. The van der Waals surface area contributed by atoms with Gasteiger partial charge in [0.25, 0.3) is 5.91 Å². The quantitative estimate of drug-likeness (QED) is 0.917. The fourth-order valence-corrected chi connectivity index (χ4v) is 1.76. The molecule has 0 fully saturated rings. The van der Waals surface area contributed by atoms with Crippen LogP contribution in [0.5, 0.6) is 0 Å². The van der Waals surface area contributed by atoms with E-state index in [1.807, 2.05) is 0 Å². The summed E-state index contributed by atoms with van der Waals surface area (Å²) in [6.07, 6.45) is 0. The van der Waals surface area contributed by atoms with E-state index in [1.54, 1.807) is 13.0 Å². The molecule has 1 amide bonds. The first kappa shape index (κ1) is 14.1. The SMILES string of the molecule is Cc1ccc(F)c(C(=O)NCc2cc(F)ccc2F)c1. The van der Waals surface area contributed by atoms with Crippen molar-refractivity contribution in [2.75, 3.05) is 0 Å². The highest BCUT2D eigenvalue weighted by Crippen LogP contribution is 2.12. The predicted octanol–water partition coefficient (Wildman–Crippen LogP) is 3.34. The minimum atomic E-state index is -0.671. The van der Waals surface area contributed by atoms with Crippen LogP contribution in [-0.4, -0.2) is 5.91 Å². The van der Waals surface area contributed by atoms with Crippen molar-refractivity contribution in [3.63, 3.8) is 0 Å². The maximum atomic E-state index is 13.5. The fourth-order valence-electron chi connectivity index (χ4n) is 1.76. The van der Waals surface area contributed by atoms with E-state index in [-0.39, 0.29) is 17.7 Å². The molecule has 2 aromatic carbocycles. The van der Waals surface area contributed by atoms with E-state index in [4.69, 9.17) is 0 Å². The third-order valence-corrected chi connectivity index (χ3v) is 2.81. The van der Waals surface area contributed by atoms with Gasteiger partial charge in [-0.3, -0.25) is 4.79 Å². The Labute approximate surface area is 114 Å². The first-order chi connectivity index (χ1) is 9.47. The van der Waals surface area contributed by atoms with Gasteiger partial charge in [0, 0.05) is 12.1 Å². The maximum absolute atomic E-state index is 13.5. The number of aryl methyl sites for hydroxylation is 1. The second-order valence-corrected chi connectivity index (χ2v) is 4.40. The Kier molecular flexibility index (Phi) is 4.08. The van der Waals surface area contributed by atoms with E-state index in [2.05, 4.69) is 5.32 Å². The maximum Gasteiger partial charge on any atom is 0.254 e. The molecule has 0 unspecified atom stereocenters. The van der Waals surface area contributed by atoms with Gasteiger partial charge in [0.1, 0.15) is 17.5 Å². The van der Waals surface area contributed by atoms with Gasteiger partial charge in [-0.2, -0.15) is 0 Å². The summed E-state index contributed by atoms with van der Waals surface area (Å²) < 4.78 is 39.8. The van der Waals surface area contributed by atoms with Crippen molar-refractivity contribution in [2.24, 2.45) is 0 Å². The Morgan fingerprint density at radius 1 is 1.05 bits per heavy atom. The number of benzene rings is 2. The standard InChI is InChI=1S/C15H12F3NO/c1-9-2-4-14(18)12(6-9)15(20)19-8-10-7-11(16)3-5-13(10)17/h2-7H,8H2,1H3,(H,19,20). The Bertz CT molecular complexity index is 656. The van der Waals surface area contributed by atoms with Crippen molar-refractivity contribution in [1.82, 2.24) is 5.32 Å². The smallest absolute Gasteiger partial charge is 0.254 e. The predicted molar refractivity (Wildman–Crippen MR) is 68.7 cm³/mol. The number of amides is 1. The minimum Gasteiger partial charge on any atom is -0.348 e. The monoisotopic (exact) mass is 279 g/mol. The fraction of sp³-hybridized carbons (Fsp3) is 0.133. The molecule has 0 aliphatic rings. The molecule has 5 heteroatoms. The van der Waals surface area contributed by atoms with Crippen molar-refractivity contribution in [3.05, 3.63) is 70.5 Å². The number of carbonyl (C=O) groups excluding carboxylic acids is 1. The molecule has 0 aliphatic heterocycles. The zero-order valence-electron chi connectivity index (χ0n) is 10.7. The normalized spacial score (nSPS) is 10.4. The van der Waals surface area contributed by atoms with Crippen molar-refractivity contribution in [1.29, 1.82) is 0 Å². The van der Waals surface area contributed by atoms with Gasteiger partial charge >= 0.3 is 0 Å². The molecule has 2 aromatic rings. The number of hydrogen-bond donors (Lipinski definition) is 1. The summed E-state index contributed by atoms with van der Waals surface area (Å²) in [5, 5.41) is 2.37. The lowest BCUT2D eigenvalue weighted by Crippen LogP contribution is -2.24. The topological polar surface area (TPSA) is 29.1 Å². The molecule has 0 heterocycles. The Morgan fingerprint density at radius 3 is 2.50 bits per heavy atom. The van der Waals surface area contributed by atoms with Crippen LogP contribution in [0, 0.1) is 24.4 Å². The third kappa shape index (κ3) is 3.17. The summed E-state index contributed by atoms with van der Waals surface area (Å²) in [4.78, 5) is 11.8. The van der Waals surface area contributed by atoms with Crippen LogP contribution in [-0.2, 0) is 6.54 Å². The van der Waals surface area contributed by atoms with Gasteiger partial charge in [0.05, 0.1) is 5.56 Å². The van der Waals surface area contributed by atoms with E-state index < -0.39 is 23.4 Å². The van der Waals surface area contributed by atoms with Crippen molar-refractivity contribution >= 4 is 5.91 Å². The number of nitrogens with one attached hydrogen (secondary N) is 1.